The van der Waals surface area contributed by atoms with E-state index in [1.807, 2.05) is 0 Å². The summed E-state index contributed by atoms with van der Waals surface area (Å²) in [4.78, 5) is 10.8. The zero-order valence-electron chi connectivity index (χ0n) is 7.62. The van der Waals surface area contributed by atoms with E-state index < -0.39 is 20.8 Å². The van der Waals surface area contributed by atoms with Crippen LogP contribution in [-0.4, -0.2) is 21.4 Å². The molecule has 0 aromatic heterocycles. The van der Waals surface area contributed by atoms with Crippen molar-refractivity contribution in [2.24, 2.45) is 0 Å². The molecular weight excluding hydrogens is 245 g/mol. The summed E-state index contributed by atoms with van der Waals surface area (Å²) in [6.07, 6.45) is 0. The maximum atomic E-state index is 13.1. The molecule has 0 spiro atoms. The summed E-state index contributed by atoms with van der Waals surface area (Å²) in [5.74, 6) is -1.52. The van der Waals surface area contributed by atoms with Crippen LogP contribution in [0.1, 0.15) is 10.4 Å². The second-order valence-electron chi connectivity index (χ2n) is 2.66. The minimum Gasteiger partial charge on any atom is -0.355 e. The van der Waals surface area contributed by atoms with Gasteiger partial charge < -0.3 is 5.32 Å². The molecule has 7 heteroatoms. The third-order valence-electron chi connectivity index (χ3n) is 1.69. The van der Waals surface area contributed by atoms with Crippen LogP contribution < -0.4 is 5.32 Å². The number of hydrogen-bond acceptors (Lipinski definition) is 3. The summed E-state index contributed by atoms with van der Waals surface area (Å²) < 4.78 is 34.9. The highest BCUT2D eigenvalue weighted by Crippen LogP contribution is 2.18. The number of benzene rings is 1. The van der Waals surface area contributed by atoms with Crippen LogP contribution in [0.4, 0.5) is 4.39 Å². The molecule has 15 heavy (non-hydrogen) atoms. The van der Waals surface area contributed by atoms with E-state index in [1.165, 1.54) is 7.05 Å². The fourth-order valence-corrected chi connectivity index (χ4v) is 1.74. The summed E-state index contributed by atoms with van der Waals surface area (Å²) >= 11 is 0. The summed E-state index contributed by atoms with van der Waals surface area (Å²) in [7, 11) is 2.40. The van der Waals surface area contributed by atoms with Gasteiger partial charge in [0, 0.05) is 17.7 Å². The predicted octanol–water partition coefficient (Wildman–Crippen LogP) is 1.11. The Labute approximate surface area is 90.5 Å². The smallest absolute Gasteiger partial charge is 0.261 e. The summed E-state index contributed by atoms with van der Waals surface area (Å²) in [5, 5.41) is 2.18. The van der Waals surface area contributed by atoms with Gasteiger partial charge in [0.25, 0.3) is 15.0 Å². The molecule has 0 aliphatic rings. The normalized spacial score (nSPS) is 11.1. The molecule has 0 heterocycles. The lowest BCUT2D eigenvalue weighted by Crippen LogP contribution is -2.19. The van der Waals surface area contributed by atoms with Gasteiger partial charge in [0.05, 0.1) is 10.5 Å². The van der Waals surface area contributed by atoms with Gasteiger partial charge in [0.2, 0.25) is 0 Å². The molecule has 4 nitrogen and oxygen atoms in total. The predicted molar refractivity (Wildman–Crippen MR) is 52.8 cm³/mol. The first-order valence-electron chi connectivity index (χ1n) is 3.82. The average molecular weight is 252 g/mol. The highest BCUT2D eigenvalue weighted by Gasteiger charge is 2.16. The van der Waals surface area contributed by atoms with Gasteiger partial charge in [-0.2, -0.15) is 0 Å². The first-order valence-corrected chi connectivity index (χ1v) is 6.13. The standard InChI is InChI=1S/C8H7ClFNO3S/c1-11-8(12)6-4-5(15(9,13)14)2-3-7(6)10/h2-4H,1H3,(H,11,12). The highest BCUT2D eigenvalue weighted by atomic mass is 35.7. The Morgan fingerprint density at radius 2 is 2.07 bits per heavy atom. The number of carbonyl (C=O) groups excluding carboxylic acids is 1. The number of amides is 1. The largest absolute Gasteiger partial charge is 0.355 e. The van der Waals surface area contributed by atoms with Crippen molar-refractivity contribution in [2.45, 2.75) is 4.90 Å². The Hall–Kier alpha value is -1.14. The number of nitrogens with one attached hydrogen (secondary N) is 1. The molecule has 0 aliphatic carbocycles. The lowest BCUT2D eigenvalue weighted by Gasteiger charge is -2.03. The van der Waals surface area contributed by atoms with Crippen LogP contribution in [0.3, 0.4) is 0 Å². The van der Waals surface area contributed by atoms with Crippen molar-refractivity contribution in [1.29, 1.82) is 0 Å². The van der Waals surface area contributed by atoms with Crippen molar-refractivity contribution < 1.29 is 17.6 Å². The second kappa shape index (κ2) is 4.16. The zero-order chi connectivity index (χ0) is 11.6. The minimum absolute atomic E-state index is 0.316. The third-order valence-corrected chi connectivity index (χ3v) is 3.04. The average Bonchev–Trinajstić information content (AvgIpc) is 2.15. The molecule has 0 unspecified atom stereocenters. The Balaban J connectivity index is 3.36. The van der Waals surface area contributed by atoms with E-state index in [2.05, 4.69) is 5.32 Å². The van der Waals surface area contributed by atoms with Gasteiger partial charge in [0.15, 0.2) is 0 Å². The lowest BCUT2D eigenvalue weighted by atomic mass is 10.2. The fraction of sp³-hybridized carbons (Fsp3) is 0.125. The zero-order valence-corrected chi connectivity index (χ0v) is 9.19. The van der Waals surface area contributed by atoms with Gasteiger partial charge in [-0.1, -0.05) is 0 Å². The molecule has 0 saturated heterocycles. The van der Waals surface area contributed by atoms with Crippen LogP contribution in [0.2, 0.25) is 0 Å². The second-order valence-corrected chi connectivity index (χ2v) is 5.22. The van der Waals surface area contributed by atoms with Crippen molar-refractivity contribution in [3.8, 4) is 0 Å². The third kappa shape index (κ3) is 2.66. The monoisotopic (exact) mass is 251 g/mol. The van der Waals surface area contributed by atoms with Crippen molar-refractivity contribution in [3.63, 3.8) is 0 Å². The highest BCUT2D eigenvalue weighted by molar-refractivity contribution is 8.13. The van der Waals surface area contributed by atoms with Gasteiger partial charge in [-0.05, 0) is 18.2 Å². The van der Waals surface area contributed by atoms with Gasteiger partial charge in [-0.25, -0.2) is 12.8 Å². The molecule has 1 aromatic carbocycles. The van der Waals surface area contributed by atoms with Crippen molar-refractivity contribution in [3.05, 3.63) is 29.6 Å². The van der Waals surface area contributed by atoms with E-state index in [0.717, 1.165) is 18.2 Å². The summed E-state index contributed by atoms with van der Waals surface area (Å²) in [6.45, 7) is 0. The van der Waals surface area contributed by atoms with Crippen molar-refractivity contribution in [1.82, 2.24) is 5.32 Å². The lowest BCUT2D eigenvalue weighted by molar-refractivity contribution is 0.0959. The molecule has 0 saturated carbocycles. The maximum absolute atomic E-state index is 13.1. The van der Waals surface area contributed by atoms with Gasteiger partial charge >= 0.3 is 0 Å². The number of halogens is 2. The molecule has 0 aliphatic heterocycles. The Morgan fingerprint density at radius 3 is 2.53 bits per heavy atom. The van der Waals surface area contributed by atoms with E-state index in [4.69, 9.17) is 10.7 Å². The summed E-state index contributed by atoms with van der Waals surface area (Å²) in [5.41, 5.74) is -0.362. The number of carbonyl (C=O) groups is 1. The van der Waals surface area contributed by atoms with Crippen LogP contribution in [0.25, 0.3) is 0 Å². The van der Waals surface area contributed by atoms with Crippen LogP contribution in [0, 0.1) is 5.82 Å². The molecule has 1 amide bonds. The SMILES string of the molecule is CNC(=O)c1cc(S(=O)(=O)Cl)ccc1F. The van der Waals surface area contributed by atoms with Crippen LogP contribution in [-0.2, 0) is 9.05 Å². The molecule has 1 aromatic rings. The fourth-order valence-electron chi connectivity index (χ4n) is 0.965. The van der Waals surface area contributed by atoms with Crippen molar-refractivity contribution >= 4 is 25.6 Å². The first kappa shape index (κ1) is 11.9. The molecule has 1 N–H and O–H groups in total. The van der Waals surface area contributed by atoms with Crippen LogP contribution in [0.5, 0.6) is 0 Å². The Morgan fingerprint density at radius 1 is 1.47 bits per heavy atom. The van der Waals surface area contributed by atoms with Crippen LogP contribution >= 0.6 is 10.7 Å². The maximum Gasteiger partial charge on any atom is 0.261 e. The van der Waals surface area contributed by atoms with E-state index in [0.29, 0.717) is 0 Å². The molecule has 1 rings (SSSR count). The summed E-state index contributed by atoms with van der Waals surface area (Å²) in [6, 6.07) is 2.75. The molecule has 0 fully saturated rings. The molecule has 0 radical (unpaired) electrons. The van der Waals surface area contributed by atoms with Gasteiger partial charge in [-0.15, -0.1) is 0 Å². The number of rotatable bonds is 2. The minimum atomic E-state index is -3.96. The molecular formula is C8H7ClFNO3S. The van der Waals surface area contributed by atoms with Gasteiger partial charge in [-0.3, -0.25) is 4.79 Å². The first-order chi connectivity index (χ1) is 6.86. The molecule has 0 bridgehead atoms. The van der Waals surface area contributed by atoms with E-state index in [9.17, 15) is 17.6 Å². The molecule has 0 atom stereocenters. The Bertz CT molecular complexity index is 501. The van der Waals surface area contributed by atoms with Crippen molar-refractivity contribution in [2.75, 3.05) is 7.05 Å². The molecule has 82 valence electrons. The van der Waals surface area contributed by atoms with Crippen LogP contribution in [0.15, 0.2) is 23.1 Å². The topological polar surface area (TPSA) is 63.2 Å². The van der Waals surface area contributed by atoms with E-state index in [-0.39, 0.29) is 10.5 Å². The Kier molecular flexibility index (Phi) is 3.31. The van der Waals surface area contributed by atoms with E-state index in [1.54, 1.807) is 0 Å². The quantitative estimate of drug-likeness (QED) is 0.801. The number of hydrogen-bond donors (Lipinski definition) is 1. The van der Waals surface area contributed by atoms with Gasteiger partial charge in [0.1, 0.15) is 5.82 Å². The van der Waals surface area contributed by atoms with E-state index >= 15 is 0 Å².